The van der Waals surface area contributed by atoms with Gasteiger partial charge < -0.3 is 21.1 Å². The van der Waals surface area contributed by atoms with Crippen LogP contribution in [0.1, 0.15) is 32.4 Å². The molecule has 0 radical (unpaired) electrons. The molecule has 4 atom stereocenters. The highest BCUT2D eigenvalue weighted by Gasteiger charge is 2.70. The summed E-state index contributed by atoms with van der Waals surface area (Å²) in [5.41, 5.74) is 5.75. The first kappa shape index (κ1) is 19.7. The first-order valence-corrected chi connectivity index (χ1v) is 10.2. The molecule has 2 aromatic rings. The highest BCUT2D eigenvalue weighted by atomic mass is 32.2. The van der Waals surface area contributed by atoms with Crippen molar-refractivity contribution in [3.05, 3.63) is 48.0 Å². The Labute approximate surface area is 172 Å². The Morgan fingerprint density at radius 1 is 1.17 bits per heavy atom. The zero-order valence-electron chi connectivity index (χ0n) is 16.4. The standard InChI is InChI=1S/C21H23N3O4S/c1-20(2)15(17(26)27)24-18(28)21(3,19(24)29-20)23-16(25)14(22)13-10-6-8-11-7-4-5-9-12(11)13/h4-10,14-15,19H,22H2,1-3H3,(H,23,25)(H,26,27)/t14?,15-,19+,21?/m0/s1. The number of carboxylic acids is 1. The van der Waals surface area contributed by atoms with E-state index in [0.717, 1.165) is 10.8 Å². The number of nitrogens with zero attached hydrogens (tertiary/aromatic N) is 1. The van der Waals surface area contributed by atoms with Gasteiger partial charge in [-0.2, -0.15) is 0 Å². The van der Waals surface area contributed by atoms with Crippen LogP contribution in [0.15, 0.2) is 42.5 Å². The lowest BCUT2D eigenvalue weighted by molar-refractivity contribution is -0.168. The van der Waals surface area contributed by atoms with E-state index in [2.05, 4.69) is 5.32 Å². The molecule has 2 heterocycles. The third kappa shape index (κ3) is 2.81. The molecular formula is C21H23N3O4S. The van der Waals surface area contributed by atoms with Gasteiger partial charge >= 0.3 is 5.97 Å². The number of carbonyl (C=O) groups is 3. The summed E-state index contributed by atoms with van der Waals surface area (Å²) in [5.74, 6) is -1.90. The number of nitrogens with two attached hydrogens (primary N) is 1. The van der Waals surface area contributed by atoms with Crippen LogP contribution < -0.4 is 11.1 Å². The number of hydrogen-bond donors (Lipinski definition) is 3. The van der Waals surface area contributed by atoms with E-state index in [0.29, 0.717) is 5.56 Å². The van der Waals surface area contributed by atoms with E-state index in [-0.39, 0.29) is 0 Å². The molecule has 2 aliphatic heterocycles. The molecule has 152 valence electrons. The number of fused-ring (bicyclic) bond motifs is 2. The summed E-state index contributed by atoms with van der Waals surface area (Å²) in [6, 6.07) is 11.4. The molecule has 0 bridgehead atoms. The number of rotatable bonds is 4. The average molecular weight is 413 g/mol. The Morgan fingerprint density at radius 3 is 2.52 bits per heavy atom. The molecule has 8 heteroatoms. The van der Waals surface area contributed by atoms with Gasteiger partial charge in [0, 0.05) is 4.75 Å². The molecule has 2 unspecified atom stereocenters. The third-order valence-corrected chi connectivity index (χ3v) is 7.59. The SMILES string of the molecule is CC1(C)S[C@H]2N(C(=O)C2(C)NC(=O)C(N)c2cccc3ccccc23)[C@H]1C(=O)O. The second kappa shape index (κ2) is 6.47. The van der Waals surface area contributed by atoms with Gasteiger partial charge in [-0.1, -0.05) is 42.5 Å². The fourth-order valence-corrected chi connectivity index (χ4v) is 5.98. The Balaban J connectivity index is 1.59. The predicted octanol–water partition coefficient (Wildman–Crippen LogP) is 1.86. The van der Waals surface area contributed by atoms with Crippen molar-refractivity contribution >= 4 is 40.3 Å². The van der Waals surface area contributed by atoms with Crippen molar-refractivity contribution < 1.29 is 19.5 Å². The molecule has 0 aromatic heterocycles. The van der Waals surface area contributed by atoms with Gasteiger partial charge in [-0.3, -0.25) is 9.59 Å². The van der Waals surface area contributed by atoms with E-state index in [1.165, 1.54) is 16.7 Å². The van der Waals surface area contributed by atoms with Crippen molar-refractivity contribution in [3.63, 3.8) is 0 Å². The van der Waals surface area contributed by atoms with Gasteiger partial charge in [-0.05, 0) is 37.1 Å². The number of benzene rings is 2. The quantitative estimate of drug-likeness (QED) is 0.660. The molecule has 2 amide bonds. The summed E-state index contributed by atoms with van der Waals surface area (Å²) in [5, 5.41) is 13.8. The van der Waals surface area contributed by atoms with Gasteiger partial charge in [-0.15, -0.1) is 11.8 Å². The van der Waals surface area contributed by atoms with Crippen LogP contribution in [0, 0.1) is 0 Å². The normalized spacial score (nSPS) is 28.6. The number of carbonyl (C=O) groups excluding carboxylic acids is 2. The fraction of sp³-hybridized carbons (Fsp3) is 0.381. The minimum atomic E-state index is -1.19. The molecule has 0 saturated carbocycles. The number of thioether (sulfide) groups is 1. The third-order valence-electron chi connectivity index (χ3n) is 5.84. The van der Waals surface area contributed by atoms with Crippen molar-refractivity contribution in [2.24, 2.45) is 5.73 Å². The first-order valence-electron chi connectivity index (χ1n) is 9.36. The minimum absolute atomic E-state index is 0.397. The zero-order valence-corrected chi connectivity index (χ0v) is 17.2. The first-order chi connectivity index (χ1) is 13.6. The van der Waals surface area contributed by atoms with Crippen LogP contribution in [0.25, 0.3) is 10.8 Å². The number of aliphatic carboxylic acids is 1. The number of hydrogen-bond acceptors (Lipinski definition) is 5. The summed E-state index contributed by atoms with van der Waals surface area (Å²) >= 11 is 1.39. The minimum Gasteiger partial charge on any atom is -0.480 e. The topological polar surface area (TPSA) is 113 Å². The van der Waals surface area contributed by atoms with E-state index in [9.17, 15) is 19.5 Å². The van der Waals surface area contributed by atoms with Gasteiger partial charge in [0.2, 0.25) is 5.91 Å². The van der Waals surface area contributed by atoms with Crippen LogP contribution in [0.5, 0.6) is 0 Å². The summed E-state index contributed by atoms with van der Waals surface area (Å²) in [7, 11) is 0. The molecule has 7 nitrogen and oxygen atoms in total. The maximum atomic E-state index is 13.0. The maximum absolute atomic E-state index is 13.0. The second-order valence-corrected chi connectivity index (χ2v) is 10.00. The Kier molecular flexibility index (Phi) is 4.40. The van der Waals surface area contributed by atoms with Crippen molar-refractivity contribution in [1.82, 2.24) is 10.2 Å². The van der Waals surface area contributed by atoms with Crippen LogP contribution in [-0.2, 0) is 14.4 Å². The van der Waals surface area contributed by atoms with Gasteiger partial charge in [0.05, 0.1) is 0 Å². The number of β-lactam (4-membered cyclic amide) rings is 1. The molecule has 2 saturated heterocycles. The monoisotopic (exact) mass is 413 g/mol. The van der Waals surface area contributed by atoms with E-state index >= 15 is 0 Å². The van der Waals surface area contributed by atoms with Gasteiger partial charge in [0.25, 0.3) is 5.91 Å². The molecular weight excluding hydrogens is 390 g/mol. The molecule has 4 rings (SSSR count). The van der Waals surface area contributed by atoms with Gasteiger partial charge in [0.15, 0.2) is 0 Å². The smallest absolute Gasteiger partial charge is 0.327 e. The van der Waals surface area contributed by atoms with Crippen molar-refractivity contribution in [1.29, 1.82) is 0 Å². The maximum Gasteiger partial charge on any atom is 0.327 e. The van der Waals surface area contributed by atoms with E-state index in [1.807, 2.05) is 36.4 Å². The summed E-state index contributed by atoms with van der Waals surface area (Å²) < 4.78 is -0.660. The average Bonchev–Trinajstić information content (AvgIpc) is 2.96. The second-order valence-electron chi connectivity index (χ2n) is 8.26. The Hall–Kier alpha value is -2.58. The number of carboxylic acid groups (broad SMARTS) is 1. The molecule has 0 spiro atoms. The lowest BCUT2D eigenvalue weighted by Gasteiger charge is -2.51. The highest BCUT2D eigenvalue weighted by molar-refractivity contribution is 8.01. The lowest BCUT2D eigenvalue weighted by atomic mass is 9.85. The summed E-state index contributed by atoms with van der Waals surface area (Å²) in [4.78, 5) is 38.9. The number of amides is 2. The van der Waals surface area contributed by atoms with Crippen LogP contribution in [0.4, 0.5) is 0 Å². The predicted molar refractivity (Wildman–Crippen MR) is 111 cm³/mol. The van der Waals surface area contributed by atoms with Crippen LogP contribution >= 0.6 is 11.8 Å². The summed E-state index contributed by atoms with van der Waals surface area (Å²) in [6.07, 6.45) is 0. The van der Waals surface area contributed by atoms with E-state index < -0.39 is 45.5 Å². The Bertz CT molecular complexity index is 1030. The molecule has 4 N–H and O–H groups in total. The fourth-order valence-electron chi connectivity index (χ4n) is 4.33. The Morgan fingerprint density at radius 2 is 1.83 bits per heavy atom. The van der Waals surface area contributed by atoms with Gasteiger partial charge in [0.1, 0.15) is 23.0 Å². The largest absolute Gasteiger partial charge is 0.480 e. The molecule has 2 aliphatic rings. The van der Waals surface area contributed by atoms with Crippen LogP contribution in [-0.4, -0.2) is 49.5 Å². The molecule has 2 fully saturated rings. The van der Waals surface area contributed by atoms with Crippen molar-refractivity contribution in [2.45, 2.75) is 48.5 Å². The van der Waals surface area contributed by atoms with Gasteiger partial charge in [-0.25, -0.2) is 4.79 Å². The molecule has 2 aromatic carbocycles. The lowest BCUT2D eigenvalue weighted by Crippen LogP contribution is -2.78. The van der Waals surface area contributed by atoms with Crippen LogP contribution in [0.2, 0.25) is 0 Å². The highest BCUT2D eigenvalue weighted by Crippen LogP contribution is 2.54. The zero-order chi connectivity index (χ0) is 21.1. The molecule has 29 heavy (non-hydrogen) atoms. The van der Waals surface area contributed by atoms with Crippen LogP contribution in [0.3, 0.4) is 0 Å². The van der Waals surface area contributed by atoms with E-state index in [4.69, 9.17) is 5.73 Å². The van der Waals surface area contributed by atoms with Crippen molar-refractivity contribution in [3.8, 4) is 0 Å². The molecule has 0 aliphatic carbocycles. The number of nitrogens with one attached hydrogen (secondary N) is 1. The van der Waals surface area contributed by atoms with Crippen molar-refractivity contribution in [2.75, 3.05) is 0 Å². The van der Waals surface area contributed by atoms with E-state index in [1.54, 1.807) is 26.8 Å². The summed E-state index contributed by atoms with van der Waals surface area (Å²) in [6.45, 7) is 5.23.